The third-order valence-electron chi connectivity index (χ3n) is 2.76. The highest BCUT2D eigenvalue weighted by Gasteiger charge is 2.31. The monoisotopic (exact) mass is 255 g/mol. The number of benzene rings is 1. The number of rotatable bonds is 4. The highest BCUT2D eigenvalue weighted by atomic mass is 32.2. The molecule has 0 aliphatic heterocycles. The Bertz CT molecular complexity index is 516. The van der Waals surface area contributed by atoms with Crippen molar-refractivity contribution >= 4 is 9.84 Å². The second-order valence-electron chi connectivity index (χ2n) is 3.93. The van der Waals surface area contributed by atoms with Crippen LogP contribution in [-0.4, -0.2) is 13.7 Å². The van der Waals surface area contributed by atoms with Crippen LogP contribution in [0.4, 0.5) is 4.39 Å². The number of hydrogen-bond acceptors (Lipinski definition) is 3. The maximum atomic E-state index is 12.7. The number of hydrogen-bond donors (Lipinski definition) is 0. The van der Waals surface area contributed by atoms with Gasteiger partial charge in [-0.25, -0.2) is 12.8 Å². The summed E-state index contributed by atoms with van der Waals surface area (Å²) in [6.45, 7) is 3.55. The average molecular weight is 255 g/mol. The fourth-order valence-electron chi connectivity index (χ4n) is 1.49. The van der Waals surface area contributed by atoms with Gasteiger partial charge in [-0.2, -0.15) is 5.26 Å². The molecule has 3 nitrogen and oxygen atoms in total. The lowest BCUT2D eigenvalue weighted by molar-refractivity contribution is 0.533. The van der Waals surface area contributed by atoms with E-state index in [1.54, 1.807) is 6.92 Å². The molecular formula is C12H14FNO2S. The van der Waals surface area contributed by atoms with E-state index in [-0.39, 0.29) is 10.8 Å². The van der Waals surface area contributed by atoms with E-state index >= 15 is 0 Å². The van der Waals surface area contributed by atoms with Crippen LogP contribution in [-0.2, 0) is 9.84 Å². The third kappa shape index (κ3) is 2.83. The van der Waals surface area contributed by atoms with E-state index in [0.29, 0.717) is 6.42 Å². The molecule has 1 aromatic rings. The molecule has 1 aromatic carbocycles. The highest BCUT2D eigenvalue weighted by Crippen LogP contribution is 2.23. The molecule has 0 saturated heterocycles. The lowest BCUT2D eigenvalue weighted by Crippen LogP contribution is -2.26. The van der Waals surface area contributed by atoms with Gasteiger partial charge in [0.2, 0.25) is 0 Å². The van der Waals surface area contributed by atoms with Crippen molar-refractivity contribution in [1.82, 2.24) is 0 Å². The van der Waals surface area contributed by atoms with Crippen molar-refractivity contribution in [2.75, 3.05) is 0 Å². The molecule has 0 amide bonds. The Labute approximate surface area is 101 Å². The van der Waals surface area contributed by atoms with Crippen LogP contribution in [0.25, 0.3) is 0 Å². The SMILES string of the molecule is CCC(C)C(C#N)S(=O)(=O)c1ccc(F)cc1. The molecule has 2 unspecified atom stereocenters. The molecule has 0 radical (unpaired) electrons. The van der Waals surface area contributed by atoms with E-state index in [0.717, 1.165) is 12.1 Å². The van der Waals surface area contributed by atoms with Gasteiger partial charge >= 0.3 is 0 Å². The van der Waals surface area contributed by atoms with Crippen molar-refractivity contribution in [2.24, 2.45) is 5.92 Å². The van der Waals surface area contributed by atoms with Gasteiger partial charge in [-0.15, -0.1) is 0 Å². The Kier molecular flexibility index (Phi) is 4.24. The molecule has 5 heteroatoms. The van der Waals surface area contributed by atoms with Crippen LogP contribution in [0.5, 0.6) is 0 Å². The predicted octanol–water partition coefficient (Wildman–Crippen LogP) is 2.54. The Morgan fingerprint density at radius 3 is 2.29 bits per heavy atom. The van der Waals surface area contributed by atoms with Crippen LogP contribution in [0, 0.1) is 23.1 Å². The minimum Gasteiger partial charge on any atom is -0.222 e. The molecule has 17 heavy (non-hydrogen) atoms. The van der Waals surface area contributed by atoms with Crippen LogP contribution in [0.3, 0.4) is 0 Å². The molecule has 2 atom stereocenters. The molecule has 0 aromatic heterocycles. The van der Waals surface area contributed by atoms with Gasteiger partial charge in [-0.3, -0.25) is 0 Å². The van der Waals surface area contributed by atoms with E-state index in [1.807, 2.05) is 13.0 Å². The Morgan fingerprint density at radius 2 is 1.88 bits per heavy atom. The van der Waals surface area contributed by atoms with Gasteiger partial charge < -0.3 is 0 Å². The van der Waals surface area contributed by atoms with Crippen molar-refractivity contribution in [3.63, 3.8) is 0 Å². The zero-order chi connectivity index (χ0) is 13.1. The smallest absolute Gasteiger partial charge is 0.194 e. The quantitative estimate of drug-likeness (QED) is 0.777. The first-order valence-corrected chi connectivity index (χ1v) is 6.87. The summed E-state index contributed by atoms with van der Waals surface area (Å²) in [6.07, 6.45) is 0.596. The maximum absolute atomic E-state index is 12.7. The summed E-state index contributed by atoms with van der Waals surface area (Å²) in [5.41, 5.74) is 0. The van der Waals surface area contributed by atoms with Gasteiger partial charge in [0, 0.05) is 0 Å². The molecule has 92 valence electrons. The summed E-state index contributed by atoms with van der Waals surface area (Å²) in [7, 11) is -3.71. The first-order chi connectivity index (χ1) is 7.93. The minimum absolute atomic E-state index is 0.00856. The molecular weight excluding hydrogens is 241 g/mol. The summed E-state index contributed by atoms with van der Waals surface area (Å²) in [6, 6.07) is 6.37. The fraction of sp³-hybridized carbons (Fsp3) is 0.417. The summed E-state index contributed by atoms with van der Waals surface area (Å²) >= 11 is 0. The van der Waals surface area contributed by atoms with Crippen molar-refractivity contribution in [3.05, 3.63) is 30.1 Å². The second kappa shape index (κ2) is 5.28. The standard InChI is InChI=1S/C12H14FNO2S/c1-3-9(2)12(8-14)17(15,16)11-6-4-10(13)5-7-11/h4-7,9,12H,3H2,1-2H3. The second-order valence-corrected chi connectivity index (χ2v) is 6.00. The molecule has 0 spiro atoms. The molecule has 0 aliphatic carbocycles. The first kappa shape index (κ1) is 13.7. The van der Waals surface area contributed by atoms with E-state index in [2.05, 4.69) is 0 Å². The molecule has 0 bridgehead atoms. The van der Waals surface area contributed by atoms with E-state index in [1.165, 1.54) is 12.1 Å². The van der Waals surface area contributed by atoms with Gasteiger partial charge in [0.1, 0.15) is 5.82 Å². The van der Waals surface area contributed by atoms with Crippen molar-refractivity contribution in [2.45, 2.75) is 30.4 Å². The zero-order valence-electron chi connectivity index (χ0n) is 9.72. The van der Waals surface area contributed by atoms with Crippen molar-refractivity contribution < 1.29 is 12.8 Å². The fourth-order valence-corrected chi connectivity index (χ4v) is 3.24. The van der Waals surface area contributed by atoms with E-state index in [4.69, 9.17) is 5.26 Å². The van der Waals surface area contributed by atoms with E-state index in [9.17, 15) is 12.8 Å². The predicted molar refractivity (Wildman–Crippen MR) is 62.4 cm³/mol. The van der Waals surface area contributed by atoms with Gasteiger partial charge in [0.05, 0.1) is 11.0 Å². The van der Waals surface area contributed by atoms with Gasteiger partial charge in [0.25, 0.3) is 0 Å². The third-order valence-corrected chi connectivity index (χ3v) is 4.93. The summed E-state index contributed by atoms with van der Waals surface area (Å²) < 4.78 is 37.0. The number of halogens is 1. The Balaban J connectivity index is 3.19. The van der Waals surface area contributed by atoms with E-state index < -0.39 is 20.9 Å². The minimum atomic E-state index is -3.71. The van der Waals surface area contributed by atoms with Crippen LogP contribution in [0.2, 0.25) is 0 Å². The molecule has 0 aliphatic rings. The molecule has 0 fully saturated rings. The number of nitrogens with zero attached hydrogens (tertiary/aromatic N) is 1. The molecule has 0 heterocycles. The lowest BCUT2D eigenvalue weighted by atomic mass is 10.1. The topological polar surface area (TPSA) is 57.9 Å². The normalized spacial score (nSPS) is 14.9. The number of nitriles is 1. The van der Waals surface area contributed by atoms with Gasteiger partial charge in [0.15, 0.2) is 15.1 Å². The highest BCUT2D eigenvalue weighted by molar-refractivity contribution is 7.92. The summed E-state index contributed by atoms with van der Waals surface area (Å²) in [4.78, 5) is -0.00856. The van der Waals surface area contributed by atoms with Crippen LogP contribution >= 0.6 is 0 Å². The molecule has 0 saturated carbocycles. The lowest BCUT2D eigenvalue weighted by Gasteiger charge is -2.16. The van der Waals surface area contributed by atoms with Crippen molar-refractivity contribution in [1.29, 1.82) is 5.26 Å². The average Bonchev–Trinajstić information content (AvgIpc) is 2.29. The largest absolute Gasteiger partial charge is 0.222 e. The number of sulfone groups is 1. The summed E-state index contributed by atoms with van der Waals surface area (Å²) in [5.74, 6) is -0.754. The van der Waals surface area contributed by atoms with Gasteiger partial charge in [-0.05, 0) is 30.2 Å². The van der Waals surface area contributed by atoms with Crippen LogP contribution < -0.4 is 0 Å². The molecule has 1 rings (SSSR count). The molecule has 0 N–H and O–H groups in total. The maximum Gasteiger partial charge on any atom is 0.194 e. The van der Waals surface area contributed by atoms with Gasteiger partial charge in [-0.1, -0.05) is 20.3 Å². The van der Waals surface area contributed by atoms with Crippen LogP contribution in [0.1, 0.15) is 20.3 Å². The van der Waals surface area contributed by atoms with Crippen molar-refractivity contribution in [3.8, 4) is 6.07 Å². The zero-order valence-corrected chi connectivity index (χ0v) is 10.5. The van der Waals surface area contributed by atoms with Crippen LogP contribution in [0.15, 0.2) is 29.2 Å². The Morgan fingerprint density at radius 1 is 1.35 bits per heavy atom. The summed E-state index contributed by atoms with van der Waals surface area (Å²) in [5, 5.41) is 7.89. The Hall–Kier alpha value is -1.41. The first-order valence-electron chi connectivity index (χ1n) is 5.32.